The molecule has 3 heteroatoms. The van der Waals surface area contributed by atoms with Crippen LogP contribution in [0, 0.1) is 12.7 Å². The van der Waals surface area contributed by atoms with E-state index in [1.807, 2.05) is 0 Å². The number of benzene rings is 1. The second kappa shape index (κ2) is 5.13. The predicted octanol–water partition coefficient (Wildman–Crippen LogP) is 3.49. The van der Waals surface area contributed by atoms with Crippen LogP contribution in [0.5, 0.6) is 0 Å². The lowest BCUT2D eigenvalue weighted by Gasteiger charge is -2.17. The molecule has 17 heavy (non-hydrogen) atoms. The van der Waals surface area contributed by atoms with E-state index in [1.54, 1.807) is 39.8 Å². The molecule has 0 aromatic heterocycles. The van der Waals surface area contributed by atoms with Crippen molar-refractivity contribution in [2.24, 2.45) is 0 Å². The van der Waals surface area contributed by atoms with Crippen LogP contribution in [-0.4, -0.2) is 11.6 Å². The second-order valence-electron chi connectivity index (χ2n) is 4.88. The minimum absolute atomic E-state index is 0.281. The molecule has 0 unspecified atom stereocenters. The van der Waals surface area contributed by atoms with Crippen molar-refractivity contribution in [2.45, 2.75) is 33.3 Å². The lowest BCUT2D eigenvalue weighted by atomic mass is 10.1. The fourth-order valence-electron chi connectivity index (χ4n) is 1.21. The Balaban J connectivity index is 2.71. The van der Waals surface area contributed by atoms with Crippen molar-refractivity contribution in [3.05, 3.63) is 41.2 Å². The van der Waals surface area contributed by atoms with Crippen LogP contribution in [-0.2, 0) is 9.53 Å². The van der Waals surface area contributed by atoms with Gasteiger partial charge in [0.15, 0.2) is 0 Å². The smallest absolute Gasteiger partial charge is 0.331 e. The first-order valence-corrected chi connectivity index (χ1v) is 5.45. The van der Waals surface area contributed by atoms with Crippen LogP contribution in [0.3, 0.4) is 0 Å². The molecule has 0 aliphatic heterocycles. The van der Waals surface area contributed by atoms with Gasteiger partial charge in [0, 0.05) is 6.08 Å². The molecule has 0 N–H and O–H groups in total. The molecule has 0 radical (unpaired) electrons. The molecule has 0 aliphatic rings. The van der Waals surface area contributed by atoms with Gasteiger partial charge in [0.05, 0.1) is 0 Å². The zero-order chi connectivity index (χ0) is 13.1. The fourth-order valence-corrected chi connectivity index (χ4v) is 1.21. The number of rotatable bonds is 2. The van der Waals surface area contributed by atoms with E-state index in [2.05, 4.69) is 0 Å². The van der Waals surface area contributed by atoms with Crippen molar-refractivity contribution in [1.29, 1.82) is 0 Å². The molecule has 0 spiro atoms. The number of esters is 1. The first kappa shape index (κ1) is 13.4. The second-order valence-corrected chi connectivity index (χ2v) is 4.88. The molecule has 0 fully saturated rings. The summed E-state index contributed by atoms with van der Waals surface area (Å²) in [5, 5.41) is 0. The standard InChI is InChI=1S/C14H17FO2/c1-10-5-6-11(9-12(10)15)7-8-13(16)17-14(2,3)4/h5-9H,1-4H3/b8-7+. The average Bonchev–Trinajstić information content (AvgIpc) is 2.17. The van der Waals surface area contributed by atoms with Gasteiger partial charge in [-0.15, -0.1) is 0 Å². The third kappa shape index (κ3) is 4.81. The van der Waals surface area contributed by atoms with Crippen molar-refractivity contribution in [2.75, 3.05) is 0 Å². The van der Waals surface area contributed by atoms with Gasteiger partial charge in [0.2, 0.25) is 0 Å². The number of carbonyl (C=O) groups excluding carboxylic acids is 1. The number of ether oxygens (including phenoxy) is 1. The molecule has 0 bridgehead atoms. The van der Waals surface area contributed by atoms with E-state index >= 15 is 0 Å². The van der Waals surface area contributed by atoms with Crippen molar-refractivity contribution in [1.82, 2.24) is 0 Å². The van der Waals surface area contributed by atoms with Gasteiger partial charge in [0.25, 0.3) is 0 Å². The van der Waals surface area contributed by atoms with Crippen molar-refractivity contribution >= 4 is 12.0 Å². The highest BCUT2D eigenvalue weighted by Gasteiger charge is 2.13. The number of halogens is 1. The Hall–Kier alpha value is -1.64. The van der Waals surface area contributed by atoms with Crippen LogP contribution in [0.15, 0.2) is 24.3 Å². The van der Waals surface area contributed by atoms with Crippen LogP contribution in [0.1, 0.15) is 31.9 Å². The Kier molecular flexibility index (Phi) is 4.05. The molecular weight excluding hydrogens is 219 g/mol. The van der Waals surface area contributed by atoms with Gasteiger partial charge in [-0.3, -0.25) is 0 Å². The highest BCUT2D eigenvalue weighted by atomic mass is 19.1. The summed E-state index contributed by atoms with van der Waals surface area (Å²) in [6, 6.07) is 4.81. The minimum atomic E-state index is -0.514. The largest absolute Gasteiger partial charge is 0.457 e. The van der Waals surface area contributed by atoms with E-state index in [-0.39, 0.29) is 5.82 Å². The van der Waals surface area contributed by atoms with E-state index in [0.29, 0.717) is 11.1 Å². The Morgan fingerprint density at radius 3 is 2.53 bits per heavy atom. The van der Waals surface area contributed by atoms with Gasteiger partial charge in [-0.2, -0.15) is 0 Å². The normalized spacial score (nSPS) is 11.8. The van der Waals surface area contributed by atoms with Gasteiger partial charge in [-0.05, 0) is 51.0 Å². The van der Waals surface area contributed by atoms with Crippen LogP contribution in [0.4, 0.5) is 4.39 Å². The zero-order valence-electron chi connectivity index (χ0n) is 10.6. The van der Waals surface area contributed by atoms with E-state index < -0.39 is 11.6 Å². The van der Waals surface area contributed by atoms with Crippen LogP contribution < -0.4 is 0 Å². The SMILES string of the molecule is Cc1ccc(/C=C/C(=O)OC(C)(C)C)cc1F. The highest BCUT2D eigenvalue weighted by molar-refractivity contribution is 5.87. The van der Waals surface area contributed by atoms with E-state index in [4.69, 9.17) is 4.74 Å². The Morgan fingerprint density at radius 2 is 2.00 bits per heavy atom. The molecule has 1 aromatic rings. The molecule has 0 amide bonds. The summed E-state index contributed by atoms with van der Waals surface area (Å²) in [4.78, 5) is 11.4. The molecule has 0 atom stereocenters. The maximum absolute atomic E-state index is 13.2. The number of hydrogen-bond acceptors (Lipinski definition) is 2. The summed E-state index contributed by atoms with van der Waals surface area (Å²) in [6.07, 6.45) is 2.84. The quantitative estimate of drug-likeness (QED) is 0.580. The topological polar surface area (TPSA) is 26.3 Å². The number of carbonyl (C=O) groups is 1. The summed E-state index contributed by atoms with van der Waals surface area (Å²) >= 11 is 0. The maximum Gasteiger partial charge on any atom is 0.331 e. The molecule has 92 valence electrons. The monoisotopic (exact) mass is 236 g/mol. The minimum Gasteiger partial charge on any atom is -0.457 e. The highest BCUT2D eigenvalue weighted by Crippen LogP contribution is 2.12. The van der Waals surface area contributed by atoms with Crippen molar-refractivity contribution < 1.29 is 13.9 Å². The molecule has 1 rings (SSSR count). The molecule has 0 saturated heterocycles. The van der Waals surface area contributed by atoms with Gasteiger partial charge >= 0.3 is 5.97 Å². The summed E-state index contributed by atoms with van der Waals surface area (Å²) in [7, 11) is 0. The van der Waals surface area contributed by atoms with E-state index in [1.165, 1.54) is 18.2 Å². The van der Waals surface area contributed by atoms with Gasteiger partial charge < -0.3 is 4.74 Å². The third-order valence-corrected chi connectivity index (χ3v) is 2.01. The molecule has 0 heterocycles. The predicted molar refractivity (Wildman–Crippen MR) is 66.0 cm³/mol. The molecule has 1 aromatic carbocycles. The number of aryl methyl sites for hydroxylation is 1. The lowest BCUT2D eigenvalue weighted by molar-refractivity contribution is -0.148. The summed E-state index contributed by atoms with van der Waals surface area (Å²) in [5.41, 5.74) is 0.707. The van der Waals surface area contributed by atoms with Gasteiger partial charge in [0.1, 0.15) is 11.4 Å². The van der Waals surface area contributed by atoms with E-state index in [9.17, 15) is 9.18 Å². The Morgan fingerprint density at radius 1 is 1.35 bits per heavy atom. The third-order valence-electron chi connectivity index (χ3n) is 2.01. The first-order valence-electron chi connectivity index (χ1n) is 5.45. The van der Waals surface area contributed by atoms with Crippen molar-refractivity contribution in [3.8, 4) is 0 Å². The summed E-state index contributed by atoms with van der Waals surface area (Å²) < 4.78 is 18.3. The summed E-state index contributed by atoms with van der Waals surface area (Å²) in [6.45, 7) is 7.08. The number of hydrogen-bond donors (Lipinski definition) is 0. The van der Waals surface area contributed by atoms with Crippen LogP contribution in [0.2, 0.25) is 0 Å². The summed E-state index contributed by atoms with van der Waals surface area (Å²) in [5.74, 6) is -0.713. The lowest BCUT2D eigenvalue weighted by Crippen LogP contribution is -2.22. The molecule has 0 aliphatic carbocycles. The van der Waals surface area contributed by atoms with Gasteiger partial charge in [-0.1, -0.05) is 12.1 Å². The molecule has 0 saturated carbocycles. The molecule has 2 nitrogen and oxygen atoms in total. The maximum atomic E-state index is 13.2. The van der Waals surface area contributed by atoms with Crippen LogP contribution >= 0.6 is 0 Å². The Labute approximate surface area is 101 Å². The molecular formula is C14H17FO2. The van der Waals surface area contributed by atoms with E-state index in [0.717, 1.165) is 0 Å². The van der Waals surface area contributed by atoms with Crippen molar-refractivity contribution in [3.63, 3.8) is 0 Å². The van der Waals surface area contributed by atoms with Crippen LogP contribution in [0.25, 0.3) is 6.08 Å². The Bertz CT molecular complexity index is 442. The first-order chi connectivity index (χ1) is 7.78. The average molecular weight is 236 g/mol. The van der Waals surface area contributed by atoms with Gasteiger partial charge in [-0.25, -0.2) is 9.18 Å². The fraction of sp³-hybridized carbons (Fsp3) is 0.357. The zero-order valence-corrected chi connectivity index (χ0v) is 10.6.